The number of fused-ring (bicyclic) bond motifs is 1. The van der Waals surface area contributed by atoms with Crippen LogP contribution >= 0.6 is 0 Å². The van der Waals surface area contributed by atoms with E-state index in [2.05, 4.69) is 32.1 Å². The summed E-state index contributed by atoms with van der Waals surface area (Å²) in [7, 11) is 0. The Bertz CT molecular complexity index is 810. The number of hydrogen-bond donors (Lipinski definition) is 0. The number of allylic oxidation sites excluding steroid dienone is 5. The normalized spacial score (nSPS) is 32.4. The van der Waals surface area contributed by atoms with Gasteiger partial charge in [0, 0.05) is 22.6 Å². The first-order valence-corrected chi connectivity index (χ1v) is 10.9. The summed E-state index contributed by atoms with van der Waals surface area (Å²) in [6.45, 7) is 4.25. The van der Waals surface area contributed by atoms with Crippen LogP contribution in [0.4, 0.5) is 0 Å². The summed E-state index contributed by atoms with van der Waals surface area (Å²) in [5.41, 5.74) is 2.18. The molecule has 0 aromatic rings. The van der Waals surface area contributed by atoms with Crippen LogP contribution in [0.25, 0.3) is 0 Å². The standard InChI is InChI=1S/C24H30O4/c1-3-5-13-19-16-10-9-12-17(21(16)23(26)27-19)24-15-8-7-11-18(24)22(25)28-20(24)14-6-4-2/h11,13-14,17H,3-10,12,15H2,1-2H3/b19-13-,20-14-/t17-,24+/m1/s1. The highest BCUT2D eigenvalue weighted by Crippen LogP contribution is 2.60. The number of ether oxygens (including phenoxy) is 2. The molecule has 1 fully saturated rings. The fourth-order valence-corrected chi connectivity index (χ4v) is 5.39. The molecule has 4 aliphatic rings. The van der Waals surface area contributed by atoms with Crippen LogP contribution in [0.5, 0.6) is 0 Å². The van der Waals surface area contributed by atoms with Crippen LogP contribution in [0.15, 0.2) is 46.5 Å². The van der Waals surface area contributed by atoms with Gasteiger partial charge in [-0.3, -0.25) is 0 Å². The lowest BCUT2D eigenvalue weighted by molar-refractivity contribution is -0.134. The second kappa shape index (κ2) is 7.73. The average Bonchev–Trinajstić information content (AvgIpc) is 3.20. The Morgan fingerprint density at radius 3 is 2.64 bits per heavy atom. The Hall–Kier alpha value is -2.10. The van der Waals surface area contributed by atoms with Crippen LogP contribution in [-0.4, -0.2) is 11.9 Å². The highest BCUT2D eigenvalue weighted by Gasteiger charge is 2.58. The summed E-state index contributed by atoms with van der Waals surface area (Å²) in [5, 5.41) is 0. The van der Waals surface area contributed by atoms with E-state index >= 15 is 0 Å². The molecule has 2 heterocycles. The molecule has 28 heavy (non-hydrogen) atoms. The maximum atomic E-state index is 12.9. The van der Waals surface area contributed by atoms with Crippen molar-refractivity contribution in [3.05, 3.63) is 46.5 Å². The monoisotopic (exact) mass is 382 g/mol. The van der Waals surface area contributed by atoms with E-state index in [9.17, 15) is 9.59 Å². The zero-order valence-electron chi connectivity index (χ0n) is 17.0. The lowest BCUT2D eigenvalue weighted by atomic mass is 9.59. The van der Waals surface area contributed by atoms with Gasteiger partial charge in [-0.05, 0) is 63.5 Å². The lowest BCUT2D eigenvalue weighted by Gasteiger charge is -2.41. The zero-order valence-corrected chi connectivity index (χ0v) is 17.0. The number of carbonyl (C=O) groups is 2. The lowest BCUT2D eigenvalue weighted by Crippen LogP contribution is -2.37. The van der Waals surface area contributed by atoms with Gasteiger partial charge in [0.1, 0.15) is 11.5 Å². The number of unbranched alkanes of at least 4 members (excludes halogenated alkanes) is 2. The van der Waals surface area contributed by atoms with E-state index in [1.165, 1.54) is 0 Å². The fourth-order valence-electron chi connectivity index (χ4n) is 5.39. The van der Waals surface area contributed by atoms with Crippen LogP contribution < -0.4 is 0 Å². The second-order valence-electron chi connectivity index (χ2n) is 8.31. The molecule has 0 aromatic heterocycles. The van der Waals surface area contributed by atoms with E-state index in [-0.39, 0.29) is 17.9 Å². The molecule has 4 heteroatoms. The molecule has 0 bridgehead atoms. The minimum atomic E-state index is -0.481. The van der Waals surface area contributed by atoms with E-state index < -0.39 is 5.41 Å². The third-order valence-electron chi connectivity index (χ3n) is 6.61. The highest BCUT2D eigenvalue weighted by molar-refractivity contribution is 5.99. The van der Waals surface area contributed by atoms with Crippen LogP contribution in [0, 0.1) is 11.3 Å². The number of rotatable bonds is 5. The molecule has 4 rings (SSSR count). The molecule has 0 spiro atoms. The number of carbonyl (C=O) groups excluding carboxylic acids is 2. The van der Waals surface area contributed by atoms with Crippen molar-refractivity contribution in [1.29, 1.82) is 0 Å². The molecule has 0 unspecified atom stereocenters. The maximum absolute atomic E-state index is 12.9. The van der Waals surface area contributed by atoms with E-state index in [0.717, 1.165) is 92.4 Å². The molecule has 0 aromatic carbocycles. The summed E-state index contributed by atoms with van der Waals surface area (Å²) in [4.78, 5) is 25.7. The highest BCUT2D eigenvalue weighted by atomic mass is 16.5. The van der Waals surface area contributed by atoms with Crippen molar-refractivity contribution in [3.63, 3.8) is 0 Å². The third-order valence-corrected chi connectivity index (χ3v) is 6.61. The van der Waals surface area contributed by atoms with Gasteiger partial charge in [0.05, 0.1) is 5.41 Å². The largest absolute Gasteiger partial charge is 0.427 e. The minimum absolute atomic E-state index is 0.0302. The Balaban J connectivity index is 1.84. The zero-order chi connectivity index (χ0) is 19.7. The van der Waals surface area contributed by atoms with Gasteiger partial charge in [0.15, 0.2) is 0 Å². The van der Waals surface area contributed by atoms with Crippen molar-refractivity contribution in [2.24, 2.45) is 11.3 Å². The molecule has 2 aliphatic heterocycles. The van der Waals surface area contributed by atoms with Crippen molar-refractivity contribution in [1.82, 2.24) is 0 Å². The summed E-state index contributed by atoms with van der Waals surface area (Å²) >= 11 is 0. The average molecular weight is 383 g/mol. The molecule has 2 atom stereocenters. The molecule has 0 saturated carbocycles. The first-order chi connectivity index (χ1) is 13.6. The third kappa shape index (κ3) is 2.89. The predicted octanol–water partition coefficient (Wildman–Crippen LogP) is 5.66. The first kappa shape index (κ1) is 19.2. The quantitative estimate of drug-likeness (QED) is 0.576. The smallest absolute Gasteiger partial charge is 0.340 e. The Morgan fingerprint density at radius 1 is 1.07 bits per heavy atom. The number of esters is 2. The van der Waals surface area contributed by atoms with Crippen molar-refractivity contribution >= 4 is 11.9 Å². The van der Waals surface area contributed by atoms with Gasteiger partial charge in [0.2, 0.25) is 0 Å². The van der Waals surface area contributed by atoms with Crippen LogP contribution in [-0.2, 0) is 19.1 Å². The molecule has 0 amide bonds. The van der Waals surface area contributed by atoms with Gasteiger partial charge >= 0.3 is 11.9 Å². The van der Waals surface area contributed by atoms with Gasteiger partial charge < -0.3 is 9.47 Å². The van der Waals surface area contributed by atoms with Gasteiger partial charge in [-0.25, -0.2) is 9.59 Å². The molecule has 0 radical (unpaired) electrons. The maximum Gasteiger partial charge on any atom is 0.340 e. The Kier molecular flexibility index (Phi) is 5.31. The van der Waals surface area contributed by atoms with Gasteiger partial charge in [-0.1, -0.05) is 32.8 Å². The van der Waals surface area contributed by atoms with E-state index in [0.29, 0.717) is 0 Å². The Morgan fingerprint density at radius 2 is 1.86 bits per heavy atom. The van der Waals surface area contributed by atoms with E-state index in [4.69, 9.17) is 9.47 Å². The molecule has 0 N–H and O–H groups in total. The summed E-state index contributed by atoms with van der Waals surface area (Å²) in [5.74, 6) is 1.08. The van der Waals surface area contributed by atoms with Crippen LogP contribution in [0.3, 0.4) is 0 Å². The first-order valence-electron chi connectivity index (χ1n) is 10.9. The van der Waals surface area contributed by atoms with Crippen molar-refractivity contribution in [2.45, 2.75) is 78.1 Å². The van der Waals surface area contributed by atoms with Gasteiger partial charge in [-0.2, -0.15) is 0 Å². The number of hydrogen-bond acceptors (Lipinski definition) is 4. The topological polar surface area (TPSA) is 52.6 Å². The van der Waals surface area contributed by atoms with E-state index in [1.54, 1.807) is 0 Å². The summed E-state index contributed by atoms with van der Waals surface area (Å²) in [6, 6.07) is 0. The Labute approximate surface area is 167 Å². The SMILES string of the molecule is CCC/C=C1\OC(=O)C2=C1CCC[C@H]2[C@@]12CCCC=C1C(=O)O/C2=C\CCC. The van der Waals surface area contributed by atoms with Crippen LogP contribution in [0.2, 0.25) is 0 Å². The molecule has 4 nitrogen and oxygen atoms in total. The van der Waals surface area contributed by atoms with Gasteiger partial charge in [0.25, 0.3) is 0 Å². The molecule has 2 aliphatic carbocycles. The van der Waals surface area contributed by atoms with Crippen LogP contribution in [0.1, 0.15) is 78.1 Å². The summed E-state index contributed by atoms with van der Waals surface area (Å²) < 4.78 is 11.5. The molecule has 1 saturated heterocycles. The van der Waals surface area contributed by atoms with Crippen molar-refractivity contribution < 1.29 is 19.1 Å². The predicted molar refractivity (Wildman–Crippen MR) is 107 cm³/mol. The summed E-state index contributed by atoms with van der Waals surface area (Å²) in [6.07, 6.45) is 15.6. The van der Waals surface area contributed by atoms with Gasteiger partial charge in [-0.15, -0.1) is 0 Å². The second-order valence-corrected chi connectivity index (χ2v) is 8.31. The number of cyclic esters (lactones) is 2. The minimum Gasteiger partial charge on any atom is -0.427 e. The van der Waals surface area contributed by atoms with E-state index in [1.807, 2.05) is 0 Å². The molecule has 150 valence electrons. The molecular formula is C24H30O4. The fraction of sp³-hybridized carbons (Fsp3) is 0.583. The van der Waals surface area contributed by atoms with Crippen molar-refractivity contribution in [2.75, 3.05) is 0 Å². The van der Waals surface area contributed by atoms with Crippen molar-refractivity contribution in [3.8, 4) is 0 Å². The molecular weight excluding hydrogens is 352 g/mol.